The molecule has 0 spiro atoms. The highest BCUT2D eigenvalue weighted by atomic mass is 79.9. The van der Waals surface area contributed by atoms with E-state index < -0.39 is 5.97 Å². The molecule has 0 bridgehead atoms. The largest absolute Gasteiger partial charge is 0.478 e. The van der Waals surface area contributed by atoms with Crippen molar-refractivity contribution < 1.29 is 9.90 Å². The van der Waals surface area contributed by atoms with Crippen molar-refractivity contribution >= 4 is 39.0 Å². The summed E-state index contributed by atoms with van der Waals surface area (Å²) in [5, 5.41) is 14.2. The Bertz CT molecular complexity index is 1480. The zero-order valence-corrected chi connectivity index (χ0v) is 21.0. The fourth-order valence-electron chi connectivity index (χ4n) is 3.97. The van der Waals surface area contributed by atoms with Gasteiger partial charge >= 0.3 is 5.97 Å². The normalized spacial score (nSPS) is 12.5. The summed E-state index contributed by atoms with van der Waals surface area (Å²) in [6, 6.07) is 14.2. The number of carboxylic acid groups (broad SMARTS) is 1. The van der Waals surface area contributed by atoms with Gasteiger partial charge in [0.1, 0.15) is 5.82 Å². The van der Waals surface area contributed by atoms with Crippen molar-refractivity contribution in [1.29, 1.82) is 0 Å². The third kappa shape index (κ3) is 4.33. The lowest BCUT2D eigenvalue weighted by Crippen LogP contribution is -2.23. The Kier molecular flexibility index (Phi) is 6.52. The molecule has 0 aliphatic carbocycles. The average Bonchev–Trinajstić information content (AvgIpc) is 3.11. The second-order valence-corrected chi connectivity index (χ2v) is 9.23. The SMILES string of the molecule is CC[C@@H](C)c1nc2ccc(Br)cc2c(=O)n1N=Cc1cc(C)n(-c2ccc(C(=O)O)cc2)c1C. The highest BCUT2D eigenvalue weighted by Crippen LogP contribution is 2.22. The van der Waals surface area contributed by atoms with Crippen molar-refractivity contribution in [3.8, 4) is 5.69 Å². The van der Waals surface area contributed by atoms with Crippen molar-refractivity contribution in [3.05, 3.63) is 91.7 Å². The summed E-state index contributed by atoms with van der Waals surface area (Å²) in [6.45, 7) is 8.03. The minimum absolute atomic E-state index is 0.0538. The quantitative estimate of drug-likeness (QED) is 0.332. The van der Waals surface area contributed by atoms with Crippen LogP contribution in [0.15, 0.2) is 62.9 Å². The molecule has 34 heavy (non-hydrogen) atoms. The van der Waals surface area contributed by atoms with E-state index in [2.05, 4.69) is 28.0 Å². The molecule has 2 aromatic carbocycles. The molecule has 7 nitrogen and oxygen atoms in total. The maximum atomic E-state index is 13.3. The van der Waals surface area contributed by atoms with Crippen LogP contribution in [0.2, 0.25) is 0 Å². The van der Waals surface area contributed by atoms with Gasteiger partial charge in [0.15, 0.2) is 0 Å². The van der Waals surface area contributed by atoms with E-state index in [-0.39, 0.29) is 17.0 Å². The van der Waals surface area contributed by atoms with Gasteiger partial charge in [-0.05, 0) is 68.8 Å². The molecule has 8 heteroatoms. The van der Waals surface area contributed by atoms with Gasteiger partial charge in [0.05, 0.1) is 22.7 Å². The van der Waals surface area contributed by atoms with Crippen LogP contribution >= 0.6 is 15.9 Å². The first-order chi connectivity index (χ1) is 16.2. The number of fused-ring (bicyclic) bond motifs is 1. The highest BCUT2D eigenvalue weighted by molar-refractivity contribution is 9.10. The van der Waals surface area contributed by atoms with E-state index >= 15 is 0 Å². The number of rotatable bonds is 6. The first-order valence-electron chi connectivity index (χ1n) is 11.0. The van der Waals surface area contributed by atoms with E-state index in [1.165, 1.54) is 4.68 Å². The van der Waals surface area contributed by atoms with Crippen molar-refractivity contribution in [3.63, 3.8) is 0 Å². The van der Waals surface area contributed by atoms with Crippen molar-refractivity contribution in [2.45, 2.75) is 40.0 Å². The molecule has 1 N–H and O–H groups in total. The van der Waals surface area contributed by atoms with Crippen LogP contribution in [0.25, 0.3) is 16.6 Å². The molecule has 0 radical (unpaired) electrons. The molecule has 0 fully saturated rings. The minimum atomic E-state index is -0.959. The fourth-order valence-corrected chi connectivity index (χ4v) is 4.33. The predicted octanol–water partition coefficient (Wildman–Crippen LogP) is 5.66. The van der Waals surface area contributed by atoms with Gasteiger partial charge in [-0.15, -0.1) is 0 Å². The van der Waals surface area contributed by atoms with E-state index in [9.17, 15) is 9.59 Å². The summed E-state index contributed by atoms with van der Waals surface area (Å²) < 4.78 is 4.24. The number of aromatic nitrogens is 3. The number of carboxylic acids is 1. The Morgan fingerprint density at radius 3 is 2.53 bits per heavy atom. The van der Waals surface area contributed by atoms with Gasteiger partial charge in [0, 0.05) is 33.0 Å². The molecule has 0 saturated carbocycles. The Morgan fingerprint density at radius 2 is 1.88 bits per heavy atom. The van der Waals surface area contributed by atoms with Crippen LogP contribution in [-0.4, -0.2) is 31.5 Å². The lowest BCUT2D eigenvalue weighted by Gasteiger charge is -2.14. The van der Waals surface area contributed by atoms with E-state index in [1.807, 2.05) is 43.5 Å². The maximum Gasteiger partial charge on any atom is 0.335 e. The summed E-state index contributed by atoms with van der Waals surface area (Å²) in [6.07, 6.45) is 2.51. The van der Waals surface area contributed by atoms with Gasteiger partial charge in [0.25, 0.3) is 5.56 Å². The summed E-state index contributed by atoms with van der Waals surface area (Å²) in [7, 11) is 0. The average molecular weight is 521 g/mol. The standard InChI is InChI=1S/C26H25BrN4O3/c1-5-15(2)24-29-23-11-8-20(27)13-22(23)25(32)31(24)28-14-19-12-16(3)30(17(19)4)21-9-6-18(7-10-21)26(33)34/h6-15H,5H2,1-4H3,(H,33,34)/t15-/m1/s1. The molecule has 0 saturated heterocycles. The molecule has 0 amide bonds. The molecule has 174 valence electrons. The maximum absolute atomic E-state index is 13.3. The van der Waals surface area contributed by atoms with E-state index in [4.69, 9.17) is 10.1 Å². The topological polar surface area (TPSA) is 89.5 Å². The highest BCUT2D eigenvalue weighted by Gasteiger charge is 2.16. The van der Waals surface area contributed by atoms with Gasteiger partial charge in [-0.3, -0.25) is 4.79 Å². The van der Waals surface area contributed by atoms with Crippen LogP contribution in [-0.2, 0) is 0 Å². The summed E-state index contributed by atoms with van der Waals surface area (Å²) in [5.74, 6) is -0.284. The van der Waals surface area contributed by atoms with Gasteiger partial charge in [-0.1, -0.05) is 29.8 Å². The molecular weight excluding hydrogens is 496 g/mol. The lowest BCUT2D eigenvalue weighted by atomic mass is 10.1. The van der Waals surface area contributed by atoms with Crippen LogP contribution in [0.1, 0.15) is 59.3 Å². The number of hydrogen-bond donors (Lipinski definition) is 1. The van der Waals surface area contributed by atoms with E-state index in [0.29, 0.717) is 16.7 Å². The van der Waals surface area contributed by atoms with Gasteiger partial charge in [0.2, 0.25) is 0 Å². The molecule has 2 heterocycles. The molecule has 4 aromatic rings. The van der Waals surface area contributed by atoms with Gasteiger partial charge < -0.3 is 9.67 Å². The van der Waals surface area contributed by atoms with Crippen molar-refractivity contribution in [1.82, 2.24) is 14.2 Å². The number of aryl methyl sites for hydroxylation is 1. The first kappa shape index (κ1) is 23.6. The second kappa shape index (κ2) is 9.38. The molecule has 0 aliphatic heterocycles. The Labute approximate surface area is 205 Å². The van der Waals surface area contributed by atoms with Crippen molar-refractivity contribution in [2.24, 2.45) is 5.10 Å². The number of halogens is 1. The lowest BCUT2D eigenvalue weighted by molar-refractivity contribution is 0.0697. The summed E-state index contributed by atoms with van der Waals surface area (Å²) >= 11 is 3.43. The van der Waals surface area contributed by atoms with Crippen LogP contribution in [0.4, 0.5) is 0 Å². The zero-order valence-electron chi connectivity index (χ0n) is 19.4. The third-order valence-corrected chi connectivity index (χ3v) is 6.53. The van der Waals surface area contributed by atoms with Crippen LogP contribution in [0.5, 0.6) is 0 Å². The third-order valence-electron chi connectivity index (χ3n) is 6.04. The molecular formula is C26H25BrN4O3. The number of aromatic carboxylic acids is 1. The Hall–Kier alpha value is -3.52. The molecule has 0 unspecified atom stereocenters. The number of benzene rings is 2. The van der Waals surface area contributed by atoms with Crippen LogP contribution < -0.4 is 5.56 Å². The second-order valence-electron chi connectivity index (χ2n) is 8.32. The zero-order chi connectivity index (χ0) is 24.6. The monoisotopic (exact) mass is 520 g/mol. The van der Waals surface area contributed by atoms with E-state index in [0.717, 1.165) is 33.5 Å². The number of carbonyl (C=O) groups is 1. The van der Waals surface area contributed by atoms with Gasteiger partial charge in [-0.2, -0.15) is 9.78 Å². The van der Waals surface area contributed by atoms with E-state index in [1.54, 1.807) is 36.5 Å². The Balaban J connectivity index is 1.80. The van der Waals surface area contributed by atoms with Crippen LogP contribution in [0.3, 0.4) is 0 Å². The smallest absolute Gasteiger partial charge is 0.335 e. The summed E-state index contributed by atoms with van der Waals surface area (Å²) in [5.41, 5.74) is 4.29. The van der Waals surface area contributed by atoms with Crippen LogP contribution in [0, 0.1) is 13.8 Å². The Morgan fingerprint density at radius 1 is 1.18 bits per heavy atom. The number of hydrogen-bond acceptors (Lipinski definition) is 4. The molecule has 0 aliphatic rings. The molecule has 2 aromatic heterocycles. The summed E-state index contributed by atoms with van der Waals surface area (Å²) in [4.78, 5) is 29.3. The molecule has 1 atom stereocenters. The fraction of sp³-hybridized carbons (Fsp3) is 0.231. The first-order valence-corrected chi connectivity index (χ1v) is 11.8. The molecule has 4 rings (SSSR count). The van der Waals surface area contributed by atoms with Gasteiger partial charge in [-0.25, -0.2) is 9.78 Å². The number of nitrogens with zero attached hydrogens (tertiary/aromatic N) is 4. The van der Waals surface area contributed by atoms with Crippen molar-refractivity contribution in [2.75, 3.05) is 0 Å². The minimum Gasteiger partial charge on any atom is -0.478 e. The predicted molar refractivity (Wildman–Crippen MR) is 138 cm³/mol.